The van der Waals surface area contributed by atoms with Crippen molar-refractivity contribution in [3.05, 3.63) is 23.8 Å². The number of ketones is 1. The van der Waals surface area contributed by atoms with E-state index in [0.29, 0.717) is 45.4 Å². The third kappa shape index (κ3) is 4.25. The number of alkyl halides is 3. The topological polar surface area (TPSA) is 68.3 Å². The van der Waals surface area contributed by atoms with Crippen LogP contribution in [-0.4, -0.2) is 73.7 Å². The number of rotatable bonds is 3. The van der Waals surface area contributed by atoms with Crippen LogP contribution in [0.25, 0.3) is 0 Å². The lowest BCUT2D eigenvalue weighted by molar-refractivity contribution is -0.141. The summed E-state index contributed by atoms with van der Waals surface area (Å²) < 4.78 is 55.7. The normalized spacial score (nSPS) is 27.0. The Balaban J connectivity index is 1.13. The number of hydrogen-bond donors (Lipinski definition) is 0. The fourth-order valence-corrected chi connectivity index (χ4v) is 5.62. The molecule has 10 heteroatoms. The van der Waals surface area contributed by atoms with Crippen LogP contribution in [0.2, 0.25) is 0 Å². The van der Waals surface area contributed by atoms with Crippen LogP contribution in [-0.2, 0) is 15.7 Å². The van der Waals surface area contributed by atoms with E-state index in [9.17, 15) is 22.8 Å². The van der Waals surface area contributed by atoms with E-state index in [1.54, 1.807) is 0 Å². The van der Waals surface area contributed by atoms with Gasteiger partial charge in [-0.05, 0) is 37.5 Å². The van der Waals surface area contributed by atoms with Crippen LogP contribution in [0.15, 0.2) is 18.2 Å². The summed E-state index contributed by atoms with van der Waals surface area (Å²) in [5.74, 6) is 0.518. The molecule has 3 heterocycles. The Bertz CT molecular complexity index is 939. The molecule has 4 fully saturated rings. The number of carbonyl (C=O) groups is 2. The number of amides is 2. The maximum absolute atomic E-state index is 13.0. The molecule has 7 nitrogen and oxygen atoms in total. The summed E-state index contributed by atoms with van der Waals surface area (Å²) in [7, 11) is 1.39. The van der Waals surface area contributed by atoms with Crippen LogP contribution >= 0.6 is 0 Å². The molecule has 1 spiro atoms. The zero-order valence-corrected chi connectivity index (χ0v) is 18.4. The molecule has 0 N–H and O–H groups in total. The number of likely N-dealkylation sites (tertiary alicyclic amines) is 2. The number of methoxy groups -OCH3 is 1. The average Bonchev–Trinajstić information content (AvgIpc) is 2.72. The van der Waals surface area contributed by atoms with E-state index < -0.39 is 11.7 Å². The van der Waals surface area contributed by atoms with Gasteiger partial charge in [-0.2, -0.15) is 13.2 Å². The first kappa shape index (κ1) is 22.3. The van der Waals surface area contributed by atoms with Crippen molar-refractivity contribution in [2.75, 3.05) is 39.9 Å². The van der Waals surface area contributed by atoms with Crippen molar-refractivity contribution in [3.63, 3.8) is 0 Å². The Labute approximate surface area is 189 Å². The zero-order chi connectivity index (χ0) is 23.4. The molecule has 2 atom stereocenters. The first-order valence-corrected chi connectivity index (χ1v) is 11.2. The molecule has 3 saturated heterocycles. The van der Waals surface area contributed by atoms with E-state index in [1.807, 2.05) is 9.80 Å². The van der Waals surface area contributed by atoms with Gasteiger partial charge in [0, 0.05) is 43.9 Å². The number of ether oxygens (including phenoxy) is 3. The number of Topliss-reactive ketones (excluding diaryl/α,β-unsaturated/α-hetero) is 1. The van der Waals surface area contributed by atoms with E-state index in [4.69, 9.17) is 14.2 Å². The molecular weight excluding hydrogens is 441 g/mol. The highest BCUT2D eigenvalue weighted by Crippen LogP contribution is 2.51. The lowest BCUT2D eigenvalue weighted by Gasteiger charge is -2.59. The van der Waals surface area contributed by atoms with Crippen LogP contribution in [0.4, 0.5) is 18.0 Å². The number of piperidine rings is 1. The highest BCUT2D eigenvalue weighted by Gasteiger charge is 2.55. The van der Waals surface area contributed by atoms with Crippen LogP contribution < -0.4 is 9.47 Å². The molecule has 1 aromatic rings. The van der Waals surface area contributed by atoms with Gasteiger partial charge in [0.25, 0.3) is 0 Å². The molecule has 4 aliphatic rings. The van der Waals surface area contributed by atoms with Crippen molar-refractivity contribution in [2.24, 2.45) is 11.3 Å². The Morgan fingerprint density at radius 1 is 1.18 bits per heavy atom. The highest BCUT2D eigenvalue weighted by atomic mass is 19.4. The summed E-state index contributed by atoms with van der Waals surface area (Å²) in [4.78, 5) is 28.2. The molecule has 0 bridgehead atoms. The largest absolute Gasteiger partial charge is 0.493 e. The molecule has 180 valence electrons. The standard InChI is InChI=1S/C23H27F3N2O5/c1-31-19-3-2-15(23(24,25)26)7-20(19)33-17-8-22(9-17)12-28(13-22)21(30)27-5-4-18-14(10-27)6-16(29)11-32-18/h2-3,7,14,17-18H,4-6,8-13H2,1H3/t14-,18+/m1/s1. The number of fused-ring (bicyclic) bond motifs is 1. The molecule has 33 heavy (non-hydrogen) atoms. The van der Waals surface area contributed by atoms with Gasteiger partial charge in [0.2, 0.25) is 0 Å². The first-order chi connectivity index (χ1) is 15.7. The number of urea groups is 1. The molecule has 5 rings (SSSR count). The molecule has 0 radical (unpaired) electrons. The summed E-state index contributed by atoms with van der Waals surface area (Å²) >= 11 is 0. The van der Waals surface area contributed by atoms with Crippen molar-refractivity contribution >= 4 is 11.8 Å². The van der Waals surface area contributed by atoms with Crippen molar-refractivity contribution in [1.29, 1.82) is 0 Å². The van der Waals surface area contributed by atoms with Gasteiger partial charge < -0.3 is 24.0 Å². The predicted molar refractivity (Wildman–Crippen MR) is 110 cm³/mol. The average molecular weight is 468 g/mol. The fraction of sp³-hybridized carbons (Fsp3) is 0.652. The Morgan fingerprint density at radius 3 is 2.64 bits per heavy atom. The lowest BCUT2D eigenvalue weighted by Crippen LogP contribution is -2.68. The third-order valence-electron chi connectivity index (χ3n) is 7.31. The number of benzene rings is 1. The number of halogens is 3. The van der Waals surface area contributed by atoms with Crippen LogP contribution in [0.3, 0.4) is 0 Å². The second-order valence-corrected chi connectivity index (χ2v) is 9.74. The monoisotopic (exact) mass is 468 g/mol. The predicted octanol–water partition coefficient (Wildman–Crippen LogP) is 3.36. The minimum atomic E-state index is -4.45. The minimum absolute atomic E-state index is 0.0130. The molecule has 0 unspecified atom stereocenters. The van der Waals surface area contributed by atoms with Crippen molar-refractivity contribution in [2.45, 2.75) is 44.1 Å². The van der Waals surface area contributed by atoms with E-state index in [2.05, 4.69) is 0 Å². The van der Waals surface area contributed by atoms with Gasteiger partial charge in [-0.3, -0.25) is 4.79 Å². The fourth-order valence-electron chi connectivity index (χ4n) is 5.62. The van der Waals surface area contributed by atoms with Gasteiger partial charge in [0.1, 0.15) is 12.7 Å². The zero-order valence-electron chi connectivity index (χ0n) is 18.4. The molecule has 1 saturated carbocycles. The Hall–Kier alpha value is -2.49. The van der Waals surface area contributed by atoms with Crippen molar-refractivity contribution in [3.8, 4) is 11.5 Å². The highest BCUT2D eigenvalue weighted by molar-refractivity contribution is 5.81. The van der Waals surface area contributed by atoms with E-state index in [-0.39, 0.29) is 53.5 Å². The third-order valence-corrected chi connectivity index (χ3v) is 7.31. The van der Waals surface area contributed by atoms with Crippen molar-refractivity contribution < 1.29 is 37.0 Å². The second-order valence-electron chi connectivity index (χ2n) is 9.74. The van der Waals surface area contributed by atoms with Gasteiger partial charge in [-0.1, -0.05) is 0 Å². The summed E-state index contributed by atoms with van der Waals surface area (Å²) in [6, 6.07) is 3.21. The summed E-state index contributed by atoms with van der Waals surface area (Å²) in [5.41, 5.74) is -0.807. The SMILES string of the molecule is COc1ccc(C(F)(F)F)cc1OC1CC2(C1)CN(C(=O)N1CC[C@@H]3OCC(=O)C[C@@H]3C1)C2. The van der Waals surface area contributed by atoms with E-state index in [1.165, 1.54) is 13.2 Å². The Morgan fingerprint density at radius 2 is 1.94 bits per heavy atom. The van der Waals surface area contributed by atoms with Gasteiger partial charge in [-0.15, -0.1) is 0 Å². The van der Waals surface area contributed by atoms with E-state index in [0.717, 1.165) is 18.6 Å². The van der Waals surface area contributed by atoms with Crippen LogP contribution in [0, 0.1) is 11.3 Å². The lowest BCUT2D eigenvalue weighted by atomic mass is 9.62. The maximum atomic E-state index is 13.0. The molecular formula is C23H27F3N2O5. The van der Waals surface area contributed by atoms with Crippen LogP contribution in [0.5, 0.6) is 11.5 Å². The maximum Gasteiger partial charge on any atom is 0.416 e. The van der Waals surface area contributed by atoms with Crippen molar-refractivity contribution in [1.82, 2.24) is 9.80 Å². The van der Waals surface area contributed by atoms with Gasteiger partial charge in [-0.25, -0.2) is 4.79 Å². The smallest absolute Gasteiger partial charge is 0.416 e. The quantitative estimate of drug-likeness (QED) is 0.681. The summed E-state index contributed by atoms with van der Waals surface area (Å²) in [6.45, 7) is 2.58. The molecule has 0 aromatic heterocycles. The molecule has 1 aliphatic carbocycles. The van der Waals surface area contributed by atoms with E-state index >= 15 is 0 Å². The number of carbonyl (C=O) groups excluding carboxylic acids is 2. The van der Waals surface area contributed by atoms with Gasteiger partial charge in [0.15, 0.2) is 17.3 Å². The van der Waals surface area contributed by atoms with Gasteiger partial charge >= 0.3 is 12.2 Å². The second kappa shape index (κ2) is 8.07. The molecule has 3 aliphatic heterocycles. The van der Waals surface area contributed by atoms with Gasteiger partial charge in [0.05, 0.1) is 18.8 Å². The molecule has 2 amide bonds. The molecule has 1 aromatic carbocycles. The van der Waals surface area contributed by atoms with Crippen LogP contribution in [0.1, 0.15) is 31.2 Å². The Kier molecular flexibility index (Phi) is 5.46. The number of nitrogens with zero attached hydrogens (tertiary/aromatic N) is 2. The first-order valence-electron chi connectivity index (χ1n) is 11.2. The number of hydrogen-bond acceptors (Lipinski definition) is 5. The summed E-state index contributed by atoms with van der Waals surface area (Å²) in [6.07, 6.45) is -2.01. The minimum Gasteiger partial charge on any atom is -0.493 e. The summed E-state index contributed by atoms with van der Waals surface area (Å²) in [5, 5.41) is 0.